The minimum absolute atomic E-state index is 0.0528. The third-order valence-corrected chi connectivity index (χ3v) is 2.85. The largest absolute Gasteiger partial charge is 0.453 e. The molecule has 0 bridgehead atoms. The van der Waals surface area contributed by atoms with Gasteiger partial charge in [-0.2, -0.15) is 0 Å². The van der Waals surface area contributed by atoms with Crippen LogP contribution < -0.4 is 0 Å². The number of ether oxygens (including phenoxy) is 1. The Bertz CT molecular complexity index is 280. The summed E-state index contributed by atoms with van der Waals surface area (Å²) in [5, 5.41) is 0. The number of hydrogen-bond acceptors (Lipinski definition) is 3. The summed E-state index contributed by atoms with van der Waals surface area (Å²) < 4.78 is 4.09. The number of halogens is 1. The zero-order chi connectivity index (χ0) is 12.3. The van der Waals surface area contributed by atoms with Gasteiger partial charge in [0.25, 0.3) is 0 Å². The van der Waals surface area contributed by atoms with Gasteiger partial charge in [0.1, 0.15) is 0 Å². The summed E-state index contributed by atoms with van der Waals surface area (Å²) in [7, 11) is 1.36. The average molecular weight is 293 g/mol. The second-order valence-corrected chi connectivity index (χ2v) is 6.20. The molecule has 5 nitrogen and oxygen atoms in total. The van der Waals surface area contributed by atoms with E-state index in [1.807, 2.05) is 13.8 Å². The van der Waals surface area contributed by atoms with Gasteiger partial charge in [-0.1, -0.05) is 15.9 Å². The minimum Gasteiger partial charge on any atom is -0.453 e. The maximum atomic E-state index is 11.9. The summed E-state index contributed by atoms with van der Waals surface area (Å²) in [6, 6.07) is 0. The predicted octanol–water partition coefficient (Wildman–Crippen LogP) is 1.07. The van der Waals surface area contributed by atoms with E-state index >= 15 is 0 Å². The molecule has 0 spiro atoms. The minimum atomic E-state index is -0.541. The first-order valence-electron chi connectivity index (χ1n) is 5.17. The second kappa shape index (κ2) is 5.03. The molecule has 0 aromatic heterocycles. The molecule has 1 fully saturated rings. The Balaban J connectivity index is 2.49. The number of piperazine rings is 1. The highest BCUT2D eigenvalue weighted by Gasteiger charge is 2.32. The van der Waals surface area contributed by atoms with Gasteiger partial charge >= 0.3 is 6.09 Å². The van der Waals surface area contributed by atoms with Crippen LogP contribution in [0.5, 0.6) is 0 Å². The SMILES string of the molecule is COC(=O)N1CCN(C(=O)C(C)(C)Br)CC1. The van der Waals surface area contributed by atoms with E-state index in [9.17, 15) is 9.59 Å². The van der Waals surface area contributed by atoms with E-state index in [1.165, 1.54) is 7.11 Å². The van der Waals surface area contributed by atoms with E-state index in [0.717, 1.165) is 0 Å². The van der Waals surface area contributed by atoms with Crippen LogP contribution in [0.15, 0.2) is 0 Å². The molecule has 0 N–H and O–H groups in total. The molecule has 0 aromatic carbocycles. The first kappa shape index (κ1) is 13.3. The quantitative estimate of drug-likeness (QED) is 0.680. The van der Waals surface area contributed by atoms with Crippen molar-refractivity contribution in [2.24, 2.45) is 0 Å². The zero-order valence-corrected chi connectivity index (χ0v) is 11.4. The van der Waals surface area contributed by atoms with Crippen LogP contribution in [0, 0.1) is 0 Å². The number of amides is 2. The number of methoxy groups -OCH3 is 1. The molecule has 1 heterocycles. The molecule has 0 radical (unpaired) electrons. The van der Waals surface area contributed by atoms with Crippen molar-refractivity contribution < 1.29 is 14.3 Å². The van der Waals surface area contributed by atoms with Gasteiger partial charge in [0, 0.05) is 26.2 Å². The molecule has 0 aromatic rings. The van der Waals surface area contributed by atoms with Gasteiger partial charge in [-0.05, 0) is 13.8 Å². The maximum absolute atomic E-state index is 11.9. The van der Waals surface area contributed by atoms with Crippen molar-refractivity contribution in [3.8, 4) is 0 Å². The molecule has 1 saturated heterocycles. The average Bonchev–Trinajstić information content (AvgIpc) is 2.26. The summed E-state index contributed by atoms with van der Waals surface area (Å²) in [6.07, 6.45) is -0.329. The number of carbonyl (C=O) groups excluding carboxylic acids is 2. The molecule has 16 heavy (non-hydrogen) atoms. The fourth-order valence-corrected chi connectivity index (χ4v) is 1.85. The van der Waals surface area contributed by atoms with Crippen molar-refractivity contribution in [1.82, 2.24) is 9.80 Å². The van der Waals surface area contributed by atoms with Crippen LogP contribution in [0.4, 0.5) is 4.79 Å². The molecule has 1 rings (SSSR count). The van der Waals surface area contributed by atoms with Gasteiger partial charge in [0.2, 0.25) is 5.91 Å². The second-order valence-electron chi connectivity index (χ2n) is 4.22. The van der Waals surface area contributed by atoms with Gasteiger partial charge < -0.3 is 14.5 Å². The van der Waals surface area contributed by atoms with Crippen LogP contribution >= 0.6 is 15.9 Å². The lowest BCUT2D eigenvalue weighted by Gasteiger charge is -2.36. The third kappa shape index (κ3) is 3.10. The Morgan fingerprint density at radius 3 is 1.94 bits per heavy atom. The van der Waals surface area contributed by atoms with Crippen LogP contribution in [-0.2, 0) is 9.53 Å². The van der Waals surface area contributed by atoms with Gasteiger partial charge in [0.05, 0.1) is 11.4 Å². The molecular weight excluding hydrogens is 276 g/mol. The van der Waals surface area contributed by atoms with Crippen molar-refractivity contribution in [1.29, 1.82) is 0 Å². The molecule has 6 heteroatoms. The first-order chi connectivity index (χ1) is 7.36. The summed E-state index contributed by atoms with van der Waals surface area (Å²) in [4.78, 5) is 26.5. The fraction of sp³-hybridized carbons (Fsp3) is 0.800. The standard InChI is InChI=1S/C10H17BrN2O3/c1-10(2,11)8(14)12-4-6-13(7-5-12)9(15)16-3/h4-7H2,1-3H3. The van der Waals surface area contributed by atoms with Gasteiger partial charge in [-0.3, -0.25) is 4.79 Å². The molecule has 1 aliphatic heterocycles. The Kier molecular flexibility index (Phi) is 4.18. The first-order valence-corrected chi connectivity index (χ1v) is 5.96. The highest BCUT2D eigenvalue weighted by molar-refractivity contribution is 9.10. The van der Waals surface area contributed by atoms with E-state index < -0.39 is 4.32 Å². The topological polar surface area (TPSA) is 49.9 Å². The van der Waals surface area contributed by atoms with Crippen LogP contribution in [0.2, 0.25) is 0 Å². The number of carbonyl (C=O) groups is 2. The smallest absolute Gasteiger partial charge is 0.409 e. The summed E-state index contributed by atoms with van der Waals surface area (Å²) in [5.41, 5.74) is 0. The lowest BCUT2D eigenvalue weighted by Crippen LogP contribution is -2.53. The predicted molar refractivity (Wildman–Crippen MR) is 63.6 cm³/mol. The molecule has 2 amide bonds. The zero-order valence-electron chi connectivity index (χ0n) is 9.83. The molecule has 0 saturated carbocycles. The molecule has 0 aliphatic carbocycles. The number of rotatable bonds is 1. The molecular formula is C10H17BrN2O3. The summed E-state index contributed by atoms with van der Waals surface area (Å²) in [6.45, 7) is 5.82. The fourth-order valence-electron chi connectivity index (χ4n) is 1.60. The Morgan fingerprint density at radius 2 is 1.56 bits per heavy atom. The van der Waals surface area contributed by atoms with Crippen LogP contribution in [0.3, 0.4) is 0 Å². The molecule has 0 atom stereocenters. The van der Waals surface area contributed by atoms with Gasteiger partial charge in [-0.15, -0.1) is 0 Å². The highest BCUT2D eigenvalue weighted by atomic mass is 79.9. The maximum Gasteiger partial charge on any atom is 0.409 e. The van der Waals surface area contributed by atoms with E-state index in [-0.39, 0.29) is 12.0 Å². The number of hydrogen-bond donors (Lipinski definition) is 0. The van der Waals surface area contributed by atoms with Crippen molar-refractivity contribution in [3.63, 3.8) is 0 Å². The lowest BCUT2D eigenvalue weighted by molar-refractivity contribution is -0.134. The summed E-state index contributed by atoms with van der Waals surface area (Å²) in [5.74, 6) is 0.0528. The third-order valence-electron chi connectivity index (χ3n) is 2.51. The Hall–Kier alpha value is -0.780. The van der Waals surface area contributed by atoms with Gasteiger partial charge in [-0.25, -0.2) is 4.79 Å². The van der Waals surface area contributed by atoms with Crippen molar-refractivity contribution >= 4 is 27.9 Å². The van der Waals surface area contributed by atoms with E-state index in [1.54, 1.807) is 9.80 Å². The molecule has 0 unspecified atom stereocenters. The van der Waals surface area contributed by atoms with Crippen LogP contribution in [0.1, 0.15) is 13.8 Å². The Labute approximate surface area is 104 Å². The van der Waals surface area contributed by atoms with Crippen molar-refractivity contribution in [2.45, 2.75) is 18.2 Å². The van der Waals surface area contributed by atoms with E-state index in [4.69, 9.17) is 0 Å². The van der Waals surface area contributed by atoms with Crippen molar-refractivity contribution in [2.75, 3.05) is 33.3 Å². The van der Waals surface area contributed by atoms with E-state index in [2.05, 4.69) is 20.7 Å². The number of alkyl halides is 1. The van der Waals surface area contributed by atoms with Gasteiger partial charge in [0.15, 0.2) is 0 Å². The highest BCUT2D eigenvalue weighted by Crippen LogP contribution is 2.20. The Morgan fingerprint density at radius 1 is 1.12 bits per heavy atom. The lowest BCUT2D eigenvalue weighted by atomic mass is 10.1. The molecule has 1 aliphatic rings. The van der Waals surface area contributed by atoms with Crippen molar-refractivity contribution in [3.05, 3.63) is 0 Å². The monoisotopic (exact) mass is 292 g/mol. The molecule has 92 valence electrons. The van der Waals surface area contributed by atoms with Crippen LogP contribution in [0.25, 0.3) is 0 Å². The summed E-state index contributed by atoms with van der Waals surface area (Å²) >= 11 is 3.34. The normalized spacial score (nSPS) is 17.2. The number of nitrogens with zero attached hydrogens (tertiary/aromatic N) is 2. The van der Waals surface area contributed by atoms with E-state index in [0.29, 0.717) is 26.2 Å². The van der Waals surface area contributed by atoms with Crippen LogP contribution in [-0.4, -0.2) is 59.4 Å².